The maximum absolute atomic E-state index is 10.6. The molecule has 2 nitrogen and oxygen atoms in total. The molecule has 0 fully saturated rings. The van der Waals surface area contributed by atoms with Gasteiger partial charge in [0.15, 0.2) is 0 Å². The lowest BCUT2D eigenvalue weighted by molar-refractivity contribution is -0.132. The lowest BCUT2D eigenvalue weighted by atomic mass is 10.0. The Kier molecular flexibility index (Phi) is 2.65. The van der Waals surface area contributed by atoms with E-state index in [-0.39, 0.29) is 0 Å². The number of rotatable bonds is 1. The average Bonchev–Trinajstić information content (AvgIpc) is 2.04. The van der Waals surface area contributed by atoms with E-state index in [1.165, 1.54) is 0 Å². The maximum atomic E-state index is 10.6. The fraction of sp³-hybridized carbons (Fsp3) is 0.125. The molecule has 58 valence electrons. The number of hydrogen-bond donors (Lipinski definition) is 1. The molecule has 0 aliphatic heterocycles. The topological polar surface area (TPSA) is 37.3 Å². The molecule has 3 heteroatoms. The lowest BCUT2D eigenvalue weighted by Gasteiger charge is -2.06. The summed E-state index contributed by atoms with van der Waals surface area (Å²) >= 11 is 3.12. The van der Waals surface area contributed by atoms with Gasteiger partial charge in [0, 0.05) is 0 Å². The molecule has 1 N–H and O–H groups in total. The summed E-state index contributed by atoms with van der Waals surface area (Å²) in [5.74, 6) is -0.875. The summed E-state index contributed by atoms with van der Waals surface area (Å²) in [6.45, 7) is 0. The highest BCUT2D eigenvalue weighted by Crippen LogP contribution is 2.20. The quantitative estimate of drug-likeness (QED) is 0.728. The third-order valence-corrected chi connectivity index (χ3v) is 2.00. The Hall–Kier alpha value is -0.830. The summed E-state index contributed by atoms with van der Waals surface area (Å²) in [6.07, 6.45) is 5.95. The summed E-state index contributed by atoms with van der Waals surface area (Å²) in [5.41, 5.74) is 1.17. The zero-order valence-corrected chi connectivity index (χ0v) is 7.34. The lowest BCUT2D eigenvalue weighted by Crippen LogP contribution is -2.04. The first-order valence-electron chi connectivity index (χ1n) is 3.15. The molecule has 1 aliphatic rings. The minimum absolute atomic E-state index is 0.365. The summed E-state index contributed by atoms with van der Waals surface area (Å²) < 4.78 is 0. The second-order valence-corrected chi connectivity index (χ2v) is 2.61. The van der Waals surface area contributed by atoms with Gasteiger partial charge in [-0.05, 0) is 23.1 Å². The van der Waals surface area contributed by atoms with Gasteiger partial charge in [-0.15, -0.1) is 0 Å². The van der Waals surface area contributed by atoms with Crippen molar-refractivity contribution < 1.29 is 9.90 Å². The molecule has 0 radical (unpaired) electrons. The van der Waals surface area contributed by atoms with Crippen molar-refractivity contribution in [2.75, 3.05) is 0 Å². The van der Waals surface area contributed by atoms with Crippen molar-refractivity contribution in [3.63, 3.8) is 0 Å². The number of halogens is 1. The van der Waals surface area contributed by atoms with Gasteiger partial charge in [0.05, 0.1) is 5.57 Å². The molecule has 0 atom stereocenters. The van der Waals surface area contributed by atoms with E-state index < -0.39 is 5.97 Å². The molecule has 0 spiro atoms. The molecule has 0 unspecified atom stereocenters. The molecular formula is C8H7BrO2. The van der Waals surface area contributed by atoms with Crippen LogP contribution in [0.15, 0.2) is 34.4 Å². The first-order valence-corrected chi connectivity index (χ1v) is 4.07. The molecule has 0 saturated carbocycles. The van der Waals surface area contributed by atoms with Crippen molar-refractivity contribution in [2.45, 2.75) is 6.42 Å². The van der Waals surface area contributed by atoms with E-state index in [0.29, 0.717) is 12.0 Å². The normalized spacial score (nSPS) is 20.1. The minimum atomic E-state index is -0.875. The fourth-order valence-electron chi connectivity index (χ4n) is 0.888. The van der Waals surface area contributed by atoms with Crippen LogP contribution in [-0.4, -0.2) is 11.1 Å². The molecule has 0 amide bonds. The van der Waals surface area contributed by atoms with Gasteiger partial charge in [-0.2, -0.15) is 0 Å². The van der Waals surface area contributed by atoms with Gasteiger partial charge in [-0.3, -0.25) is 0 Å². The maximum Gasteiger partial charge on any atom is 0.335 e. The van der Waals surface area contributed by atoms with Crippen molar-refractivity contribution in [3.8, 4) is 0 Å². The van der Waals surface area contributed by atoms with Crippen LogP contribution in [-0.2, 0) is 4.79 Å². The Bertz CT molecular complexity index is 261. The van der Waals surface area contributed by atoms with Gasteiger partial charge in [0.25, 0.3) is 0 Å². The van der Waals surface area contributed by atoms with Gasteiger partial charge >= 0.3 is 5.97 Å². The SMILES string of the molecule is O=C(O)C1=CC=CCC1=CBr. The van der Waals surface area contributed by atoms with Crippen molar-refractivity contribution >= 4 is 21.9 Å². The zero-order chi connectivity index (χ0) is 8.27. The van der Waals surface area contributed by atoms with Crippen LogP contribution in [0.1, 0.15) is 6.42 Å². The summed E-state index contributed by atoms with van der Waals surface area (Å²) in [6, 6.07) is 0. The highest BCUT2D eigenvalue weighted by Gasteiger charge is 2.12. The molecule has 1 rings (SSSR count). The van der Waals surface area contributed by atoms with Crippen LogP contribution in [0.25, 0.3) is 0 Å². The van der Waals surface area contributed by atoms with E-state index in [2.05, 4.69) is 15.9 Å². The molecule has 1 aliphatic carbocycles. The Morgan fingerprint density at radius 2 is 2.45 bits per heavy atom. The number of carbonyl (C=O) groups is 1. The van der Waals surface area contributed by atoms with Crippen LogP contribution < -0.4 is 0 Å². The second kappa shape index (κ2) is 3.53. The Labute approximate surface area is 73.0 Å². The van der Waals surface area contributed by atoms with Crippen molar-refractivity contribution in [2.24, 2.45) is 0 Å². The molecule has 0 saturated heterocycles. The zero-order valence-electron chi connectivity index (χ0n) is 5.75. The summed E-state index contributed by atoms with van der Waals surface area (Å²) in [7, 11) is 0. The van der Waals surface area contributed by atoms with Crippen LogP contribution in [0.5, 0.6) is 0 Å². The molecule has 0 aromatic rings. The van der Waals surface area contributed by atoms with Gasteiger partial charge in [0.2, 0.25) is 0 Å². The summed E-state index contributed by atoms with van der Waals surface area (Å²) in [4.78, 5) is 12.2. The van der Waals surface area contributed by atoms with Crippen LogP contribution in [0, 0.1) is 0 Å². The van der Waals surface area contributed by atoms with Crippen LogP contribution >= 0.6 is 15.9 Å². The van der Waals surface area contributed by atoms with Crippen LogP contribution in [0.3, 0.4) is 0 Å². The number of hydrogen-bond acceptors (Lipinski definition) is 1. The van der Waals surface area contributed by atoms with E-state index in [4.69, 9.17) is 5.11 Å². The molecule has 0 heterocycles. The first-order chi connectivity index (χ1) is 5.25. The number of allylic oxidation sites excluding steroid dienone is 3. The average molecular weight is 215 g/mol. The first kappa shape index (κ1) is 8.27. The van der Waals surface area contributed by atoms with Crippen molar-refractivity contribution in [1.29, 1.82) is 0 Å². The van der Waals surface area contributed by atoms with Crippen molar-refractivity contribution in [3.05, 3.63) is 34.4 Å². The van der Waals surface area contributed by atoms with Gasteiger partial charge < -0.3 is 5.11 Å². The van der Waals surface area contributed by atoms with Crippen LogP contribution in [0.4, 0.5) is 0 Å². The monoisotopic (exact) mass is 214 g/mol. The van der Waals surface area contributed by atoms with E-state index in [1.807, 2.05) is 6.08 Å². The molecular weight excluding hydrogens is 208 g/mol. The van der Waals surface area contributed by atoms with E-state index in [0.717, 1.165) is 5.57 Å². The molecule has 0 aromatic carbocycles. The highest BCUT2D eigenvalue weighted by atomic mass is 79.9. The fourth-order valence-corrected chi connectivity index (χ4v) is 1.32. The predicted octanol–water partition coefficient (Wildman–Crippen LogP) is 2.24. The third-order valence-electron chi connectivity index (χ3n) is 1.44. The van der Waals surface area contributed by atoms with Crippen LogP contribution in [0.2, 0.25) is 0 Å². The summed E-state index contributed by atoms with van der Waals surface area (Å²) in [5, 5.41) is 8.68. The van der Waals surface area contributed by atoms with Gasteiger partial charge in [0.1, 0.15) is 0 Å². The Morgan fingerprint density at radius 1 is 1.73 bits per heavy atom. The number of aliphatic carboxylic acids is 1. The highest BCUT2D eigenvalue weighted by molar-refractivity contribution is 9.11. The van der Waals surface area contributed by atoms with E-state index in [9.17, 15) is 4.79 Å². The predicted molar refractivity (Wildman–Crippen MR) is 46.5 cm³/mol. The Balaban J connectivity index is 2.97. The third kappa shape index (κ3) is 1.80. The van der Waals surface area contributed by atoms with Gasteiger partial charge in [-0.25, -0.2) is 4.79 Å². The molecule has 0 aromatic heterocycles. The minimum Gasteiger partial charge on any atom is -0.478 e. The second-order valence-electron chi connectivity index (χ2n) is 2.15. The molecule has 11 heavy (non-hydrogen) atoms. The molecule has 0 bridgehead atoms. The van der Waals surface area contributed by atoms with Crippen molar-refractivity contribution in [1.82, 2.24) is 0 Å². The number of carboxylic acid groups (broad SMARTS) is 1. The van der Waals surface area contributed by atoms with E-state index in [1.54, 1.807) is 17.1 Å². The number of carboxylic acids is 1. The Morgan fingerprint density at radius 3 is 2.91 bits per heavy atom. The standard InChI is InChI=1S/C8H7BrO2/c9-5-6-3-1-2-4-7(6)8(10)11/h1-2,4-5H,3H2,(H,10,11). The van der Waals surface area contributed by atoms with Gasteiger partial charge in [-0.1, -0.05) is 28.1 Å². The largest absolute Gasteiger partial charge is 0.478 e. The van der Waals surface area contributed by atoms with E-state index >= 15 is 0 Å². The smallest absolute Gasteiger partial charge is 0.335 e.